The van der Waals surface area contributed by atoms with Gasteiger partial charge in [-0.05, 0) is 26.8 Å². The van der Waals surface area contributed by atoms with Crippen LogP contribution >= 0.6 is 0 Å². The molecule has 84 valence electrons. The van der Waals surface area contributed by atoms with Crippen LogP contribution in [0, 0.1) is 0 Å². The van der Waals surface area contributed by atoms with Crippen LogP contribution in [0.15, 0.2) is 0 Å². The second kappa shape index (κ2) is 4.33. The number of fused-ring (bicyclic) bond motifs is 1. The molecular formula is C11H19N3O. The lowest BCUT2D eigenvalue weighted by Crippen LogP contribution is -2.14. The van der Waals surface area contributed by atoms with Gasteiger partial charge in [-0.3, -0.25) is 4.68 Å². The van der Waals surface area contributed by atoms with Crippen LogP contribution in [0.3, 0.4) is 0 Å². The van der Waals surface area contributed by atoms with Gasteiger partial charge in [-0.1, -0.05) is 0 Å². The lowest BCUT2D eigenvalue weighted by atomic mass is 10.1. The number of nitrogens with two attached hydrogens (primary N) is 1. The van der Waals surface area contributed by atoms with Crippen molar-refractivity contribution in [2.45, 2.75) is 39.3 Å². The van der Waals surface area contributed by atoms with Gasteiger partial charge in [0.05, 0.1) is 18.9 Å². The molecule has 0 radical (unpaired) electrons. The Balaban J connectivity index is 2.41. The lowest BCUT2D eigenvalue weighted by Gasteiger charge is -2.13. The van der Waals surface area contributed by atoms with Crippen molar-refractivity contribution < 1.29 is 4.74 Å². The van der Waals surface area contributed by atoms with E-state index in [0.717, 1.165) is 25.1 Å². The Morgan fingerprint density at radius 3 is 3.00 bits per heavy atom. The summed E-state index contributed by atoms with van der Waals surface area (Å²) in [6.45, 7) is 6.46. The van der Waals surface area contributed by atoms with Gasteiger partial charge in [0.2, 0.25) is 0 Å². The summed E-state index contributed by atoms with van der Waals surface area (Å²) in [6.07, 6.45) is 1.90. The largest absolute Gasteiger partial charge is 0.375 e. The second-order valence-electron chi connectivity index (χ2n) is 4.25. The number of ether oxygens (including phenoxy) is 1. The van der Waals surface area contributed by atoms with Crippen molar-refractivity contribution in [2.75, 3.05) is 13.2 Å². The van der Waals surface area contributed by atoms with E-state index in [1.807, 2.05) is 0 Å². The monoisotopic (exact) mass is 209 g/mol. The molecule has 15 heavy (non-hydrogen) atoms. The molecule has 4 nitrogen and oxygen atoms in total. The van der Waals surface area contributed by atoms with Crippen molar-refractivity contribution in [3.8, 4) is 0 Å². The van der Waals surface area contributed by atoms with Crippen LogP contribution in [0.2, 0.25) is 0 Å². The van der Waals surface area contributed by atoms with Crippen LogP contribution in [-0.4, -0.2) is 22.9 Å². The first kappa shape index (κ1) is 10.6. The van der Waals surface area contributed by atoms with E-state index in [2.05, 4.69) is 23.6 Å². The molecule has 0 atom stereocenters. The van der Waals surface area contributed by atoms with Gasteiger partial charge < -0.3 is 10.5 Å². The van der Waals surface area contributed by atoms with E-state index < -0.39 is 0 Å². The summed E-state index contributed by atoms with van der Waals surface area (Å²) in [4.78, 5) is 0. The van der Waals surface area contributed by atoms with E-state index in [-0.39, 0.29) is 0 Å². The molecule has 1 aliphatic rings. The highest BCUT2D eigenvalue weighted by atomic mass is 16.5. The highest BCUT2D eigenvalue weighted by Gasteiger charge is 2.21. The van der Waals surface area contributed by atoms with Gasteiger partial charge in [0.1, 0.15) is 0 Å². The minimum absolute atomic E-state index is 0.400. The number of hydrogen-bond donors (Lipinski definition) is 1. The van der Waals surface area contributed by atoms with Crippen LogP contribution in [0.25, 0.3) is 0 Å². The van der Waals surface area contributed by atoms with Crippen molar-refractivity contribution in [3.05, 3.63) is 17.0 Å². The van der Waals surface area contributed by atoms with E-state index in [0.29, 0.717) is 19.2 Å². The van der Waals surface area contributed by atoms with E-state index in [1.165, 1.54) is 11.3 Å². The minimum Gasteiger partial charge on any atom is -0.375 e. The Hall–Kier alpha value is -0.870. The zero-order valence-corrected chi connectivity index (χ0v) is 9.49. The number of rotatable bonds is 3. The van der Waals surface area contributed by atoms with Crippen LogP contribution in [0.5, 0.6) is 0 Å². The Morgan fingerprint density at radius 1 is 1.53 bits per heavy atom. The van der Waals surface area contributed by atoms with Crippen LogP contribution in [0.1, 0.15) is 36.8 Å². The predicted octanol–water partition coefficient (Wildman–Crippen LogP) is 1.04. The summed E-state index contributed by atoms with van der Waals surface area (Å²) in [5.41, 5.74) is 9.45. The van der Waals surface area contributed by atoms with Crippen molar-refractivity contribution in [1.82, 2.24) is 9.78 Å². The molecule has 2 N–H and O–H groups in total. The summed E-state index contributed by atoms with van der Waals surface area (Å²) in [6, 6.07) is 0.400. The zero-order chi connectivity index (χ0) is 10.8. The topological polar surface area (TPSA) is 53.1 Å². The van der Waals surface area contributed by atoms with Gasteiger partial charge in [0.15, 0.2) is 0 Å². The summed E-state index contributed by atoms with van der Waals surface area (Å²) in [7, 11) is 0. The Morgan fingerprint density at radius 2 is 2.33 bits per heavy atom. The summed E-state index contributed by atoms with van der Waals surface area (Å²) < 4.78 is 7.52. The third-order valence-corrected chi connectivity index (χ3v) is 2.81. The predicted molar refractivity (Wildman–Crippen MR) is 58.7 cm³/mol. The Bertz CT molecular complexity index is 344. The van der Waals surface area contributed by atoms with Gasteiger partial charge >= 0.3 is 0 Å². The maximum absolute atomic E-state index is 5.65. The average Bonchev–Trinajstić information content (AvgIpc) is 2.58. The van der Waals surface area contributed by atoms with Crippen molar-refractivity contribution in [2.24, 2.45) is 5.73 Å². The number of hydrogen-bond acceptors (Lipinski definition) is 3. The van der Waals surface area contributed by atoms with Crippen molar-refractivity contribution in [1.29, 1.82) is 0 Å². The van der Waals surface area contributed by atoms with E-state index >= 15 is 0 Å². The molecule has 0 fully saturated rings. The summed E-state index contributed by atoms with van der Waals surface area (Å²) >= 11 is 0. The van der Waals surface area contributed by atoms with Crippen molar-refractivity contribution >= 4 is 0 Å². The third-order valence-electron chi connectivity index (χ3n) is 2.81. The van der Waals surface area contributed by atoms with Gasteiger partial charge in [-0.25, -0.2) is 0 Å². The molecule has 0 saturated carbocycles. The fraction of sp³-hybridized carbons (Fsp3) is 0.727. The first-order valence-corrected chi connectivity index (χ1v) is 5.61. The fourth-order valence-corrected chi connectivity index (χ4v) is 2.13. The molecule has 1 aromatic rings. The molecule has 1 aromatic heterocycles. The maximum Gasteiger partial charge on any atom is 0.0917 e. The third kappa shape index (κ3) is 1.92. The SMILES string of the molecule is CC(C)n1nc2c(c1CCN)CCOC2. The second-order valence-corrected chi connectivity index (χ2v) is 4.25. The molecule has 0 aromatic carbocycles. The van der Waals surface area contributed by atoms with Crippen LogP contribution in [-0.2, 0) is 24.2 Å². The lowest BCUT2D eigenvalue weighted by molar-refractivity contribution is 0.107. The molecular weight excluding hydrogens is 190 g/mol. The molecule has 0 aliphatic carbocycles. The minimum atomic E-state index is 0.400. The van der Waals surface area contributed by atoms with E-state index in [4.69, 9.17) is 10.5 Å². The molecule has 0 bridgehead atoms. The zero-order valence-electron chi connectivity index (χ0n) is 9.49. The number of aromatic nitrogens is 2. The van der Waals surface area contributed by atoms with Gasteiger partial charge in [0, 0.05) is 23.7 Å². The quantitative estimate of drug-likeness (QED) is 0.809. The van der Waals surface area contributed by atoms with Gasteiger partial charge in [-0.15, -0.1) is 0 Å². The first-order valence-electron chi connectivity index (χ1n) is 5.61. The Kier molecular flexibility index (Phi) is 3.07. The highest BCUT2D eigenvalue weighted by molar-refractivity contribution is 5.28. The molecule has 0 saturated heterocycles. The Labute approximate surface area is 90.4 Å². The smallest absolute Gasteiger partial charge is 0.0917 e. The number of nitrogens with zero attached hydrogens (tertiary/aromatic N) is 2. The maximum atomic E-state index is 5.65. The summed E-state index contributed by atoms with van der Waals surface area (Å²) in [5, 5.41) is 4.60. The van der Waals surface area contributed by atoms with Crippen molar-refractivity contribution in [3.63, 3.8) is 0 Å². The van der Waals surface area contributed by atoms with Crippen LogP contribution < -0.4 is 5.73 Å². The molecule has 2 heterocycles. The summed E-state index contributed by atoms with van der Waals surface area (Å²) in [5.74, 6) is 0. The first-order chi connectivity index (χ1) is 7.24. The van der Waals surface area contributed by atoms with Gasteiger partial charge in [0.25, 0.3) is 0 Å². The molecule has 4 heteroatoms. The normalized spacial score (nSPS) is 15.7. The van der Waals surface area contributed by atoms with Gasteiger partial charge in [-0.2, -0.15) is 5.10 Å². The molecule has 1 aliphatic heterocycles. The van der Waals surface area contributed by atoms with Crippen LogP contribution in [0.4, 0.5) is 0 Å². The standard InChI is InChI=1S/C11H19N3O/c1-8(2)14-11(3-5-12)9-4-6-15-7-10(9)13-14/h8H,3-7,12H2,1-2H3. The average molecular weight is 209 g/mol. The fourth-order valence-electron chi connectivity index (χ4n) is 2.13. The van der Waals surface area contributed by atoms with E-state index in [9.17, 15) is 0 Å². The van der Waals surface area contributed by atoms with E-state index in [1.54, 1.807) is 0 Å². The highest BCUT2D eigenvalue weighted by Crippen LogP contribution is 2.23. The molecule has 0 amide bonds. The molecule has 2 rings (SSSR count). The molecule has 0 spiro atoms. The molecule has 0 unspecified atom stereocenters.